The summed E-state index contributed by atoms with van der Waals surface area (Å²) in [5.74, 6) is 1.59. The highest BCUT2D eigenvalue weighted by Crippen LogP contribution is 2.32. The summed E-state index contributed by atoms with van der Waals surface area (Å²) in [5, 5.41) is 7.34. The van der Waals surface area contributed by atoms with Gasteiger partial charge in [0.2, 0.25) is 0 Å². The molecule has 4 nitrogen and oxygen atoms in total. The minimum Gasteiger partial charge on any atom is -0.490 e. The summed E-state index contributed by atoms with van der Waals surface area (Å²) in [6.45, 7) is 5.78. The van der Waals surface area contributed by atoms with Crippen LogP contribution < -0.4 is 20.1 Å². The summed E-state index contributed by atoms with van der Waals surface area (Å²) < 4.78 is 11.9. The fraction of sp³-hybridized carbons (Fsp3) is 0.400. The predicted octanol–water partition coefficient (Wildman–Crippen LogP) is 4.86. The summed E-state index contributed by atoms with van der Waals surface area (Å²) in [6.07, 6.45) is 1.09. The molecule has 0 unspecified atom stereocenters. The molecule has 2 aromatic rings. The molecule has 0 atom stereocenters. The number of para-hydroxylation sites is 1. The molecule has 0 fully saturated rings. The molecular formula is C20H29Cl3N2O2. The molecule has 7 heteroatoms. The molecular weight excluding hydrogens is 407 g/mol. The molecule has 27 heavy (non-hydrogen) atoms. The SMILES string of the molecule is CCOc1cccc(CNCCCNC)c1OCc1ccc(Cl)cc1.Cl.Cl. The summed E-state index contributed by atoms with van der Waals surface area (Å²) in [6, 6.07) is 13.7. The molecule has 0 aliphatic rings. The molecule has 0 heterocycles. The van der Waals surface area contributed by atoms with Crippen LogP contribution in [-0.4, -0.2) is 26.7 Å². The Hall–Kier alpha value is -1.17. The van der Waals surface area contributed by atoms with Gasteiger partial charge in [0.05, 0.1) is 6.61 Å². The van der Waals surface area contributed by atoms with Gasteiger partial charge in [-0.1, -0.05) is 35.9 Å². The van der Waals surface area contributed by atoms with Gasteiger partial charge in [-0.05, 0) is 57.2 Å². The van der Waals surface area contributed by atoms with E-state index in [4.69, 9.17) is 21.1 Å². The largest absolute Gasteiger partial charge is 0.490 e. The first-order valence-electron chi connectivity index (χ1n) is 8.71. The second kappa shape index (κ2) is 14.8. The Labute approximate surface area is 179 Å². The predicted molar refractivity (Wildman–Crippen MR) is 118 cm³/mol. The third-order valence-corrected chi connectivity index (χ3v) is 4.00. The lowest BCUT2D eigenvalue weighted by Crippen LogP contribution is -2.20. The van der Waals surface area contributed by atoms with Gasteiger partial charge >= 0.3 is 0 Å². The van der Waals surface area contributed by atoms with E-state index in [-0.39, 0.29) is 24.8 Å². The van der Waals surface area contributed by atoms with Crippen LogP contribution in [0.3, 0.4) is 0 Å². The van der Waals surface area contributed by atoms with Crippen molar-refractivity contribution in [2.45, 2.75) is 26.5 Å². The van der Waals surface area contributed by atoms with Gasteiger partial charge < -0.3 is 20.1 Å². The van der Waals surface area contributed by atoms with Crippen molar-refractivity contribution in [2.24, 2.45) is 0 Å². The third-order valence-electron chi connectivity index (χ3n) is 3.75. The first kappa shape index (κ1) is 25.8. The van der Waals surface area contributed by atoms with Crippen LogP contribution in [0.15, 0.2) is 42.5 Å². The standard InChI is InChI=1S/C20H27ClN2O2.2ClH/c1-3-24-19-7-4-6-17(14-23-13-5-12-22-2)20(19)25-15-16-8-10-18(21)11-9-16;;/h4,6-11,22-23H,3,5,12-15H2,1-2H3;2*1H. The van der Waals surface area contributed by atoms with Crippen molar-refractivity contribution < 1.29 is 9.47 Å². The molecule has 0 aliphatic heterocycles. The Morgan fingerprint density at radius 3 is 2.37 bits per heavy atom. The Kier molecular flexibility index (Phi) is 14.2. The summed E-state index contributed by atoms with van der Waals surface area (Å²) in [4.78, 5) is 0. The maximum atomic E-state index is 6.10. The van der Waals surface area contributed by atoms with E-state index in [1.807, 2.05) is 50.4 Å². The van der Waals surface area contributed by atoms with Gasteiger partial charge in [-0.2, -0.15) is 0 Å². The van der Waals surface area contributed by atoms with E-state index in [0.717, 1.165) is 53.7 Å². The number of ether oxygens (including phenoxy) is 2. The highest BCUT2D eigenvalue weighted by Gasteiger charge is 2.11. The molecule has 0 spiro atoms. The summed E-state index contributed by atoms with van der Waals surface area (Å²) in [5.41, 5.74) is 2.17. The van der Waals surface area contributed by atoms with Crippen LogP contribution in [0.1, 0.15) is 24.5 Å². The molecule has 0 bridgehead atoms. The maximum absolute atomic E-state index is 6.10. The topological polar surface area (TPSA) is 42.5 Å². The normalized spacial score (nSPS) is 9.89. The molecule has 2 aromatic carbocycles. The molecule has 152 valence electrons. The lowest BCUT2D eigenvalue weighted by molar-refractivity contribution is 0.266. The monoisotopic (exact) mass is 434 g/mol. The molecule has 0 saturated carbocycles. The number of hydrogen-bond acceptors (Lipinski definition) is 4. The second-order valence-corrected chi connectivity index (χ2v) is 6.16. The third kappa shape index (κ3) is 9.04. The van der Waals surface area contributed by atoms with E-state index in [9.17, 15) is 0 Å². The Bertz CT molecular complexity index is 640. The number of nitrogens with one attached hydrogen (secondary N) is 2. The van der Waals surface area contributed by atoms with Crippen molar-refractivity contribution >= 4 is 36.4 Å². The molecule has 2 rings (SSSR count). The lowest BCUT2D eigenvalue weighted by Gasteiger charge is -2.16. The van der Waals surface area contributed by atoms with Crippen LogP contribution in [-0.2, 0) is 13.2 Å². The zero-order chi connectivity index (χ0) is 17.9. The highest BCUT2D eigenvalue weighted by atomic mass is 35.5. The van der Waals surface area contributed by atoms with Crippen LogP contribution in [0.5, 0.6) is 11.5 Å². The maximum Gasteiger partial charge on any atom is 0.166 e. The van der Waals surface area contributed by atoms with Crippen molar-refractivity contribution in [2.75, 3.05) is 26.7 Å². The van der Waals surface area contributed by atoms with E-state index >= 15 is 0 Å². The van der Waals surface area contributed by atoms with E-state index < -0.39 is 0 Å². The van der Waals surface area contributed by atoms with Crippen molar-refractivity contribution in [1.82, 2.24) is 10.6 Å². The van der Waals surface area contributed by atoms with Gasteiger partial charge in [0, 0.05) is 17.1 Å². The lowest BCUT2D eigenvalue weighted by atomic mass is 10.1. The minimum atomic E-state index is 0. The Morgan fingerprint density at radius 1 is 0.963 bits per heavy atom. The van der Waals surface area contributed by atoms with Crippen molar-refractivity contribution in [3.8, 4) is 11.5 Å². The van der Waals surface area contributed by atoms with Crippen LogP contribution in [0.2, 0.25) is 5.02 Å². The quantitative estimate of drug-likeness (QED) is 0.495. The zero-order valence-electron chi connectivity index (χ0n) is 15.8. The fourth-order valence-electron chi connectivity index (χ4n) is 2.48. The van der Waals surface area contributed by atoms with Gasteiger partial charge in [-0.25, -0.2) is 0 Å². The first-order chi connectivity index (χ1) is 12.2. The van der Waals surface area contributed by atoms with Crippen molar-refractivity contribution in [1.29, 1.82) is 0 Å². The van der Waals surface area contributed by atoms with Crippen molar-refractivity contribution in [3.63, 3.8) is 0 Å². The van der Waals surface area contributed by atoms with Crippen LogP contribution >= 0.6 is 36.4 Å². The van der Waals surface area contributed by atoms with Gasteiger partial charge in [-0.15, -0.1) is 24.8 Å². The summed E-state index contributed by atoms with van der Waals surface area (Å²) >= 11 is 5.94. The van der Waals surface area contributed by atoms with Gasteiger partial charge in [0.25, 0.3) is 0 Å². The van der Waals surface area contributed by atoms with E-state index in [1.165, 1.54) is 0 Å². The number of rotatable bonds is 11. The average Bonchev–Trinajstić information content (AvgIpc) is 2.62. The zero-order valence-corrected chi connectivity index (χ0v) is 18.2. The highest BCUT2D eigenvalue weighted by molar-refractivity contribution is 6.30. The Balaban J connectivity index is 0.00000338. The minimum absolute atomic E-state index is 0. The van der Waals surface area contributed by atoms with Crippen LogP contribution in [0, 0.1) is 0 Å². The second-order valence-electron chi connectivity index (χ2n) is 5.73. The first-order valence-corrected chi connectivity index (χ1v) is 9.09. The van der Waals surface area contributed by atoms with Gasteiger partial charge in [0.1, 0.15) is 6.61 Å². The van der Waals surface area contributed by atoms with E-state index in [2.05, 4.69) is 16.7 Å². The van der Waals surface area contributed by atoms with E-state index in [1.54, 1.807) is 0 Å². The molecule has 0 aromatic heterocycles. The molecule has 2 N–H and O–H groups in total. The smallest absolute Gasteiger partial charge is 0.166 e. The molecule has 0 radical (unpaired) electrons. The Morgan fingerprint density at radius 2 is 1.70 bits per heavy atom. The number of benzene rings is 2. The molecule has 0 amide bonds. The van der Waals surface area contributed by atoms with Crippen LogP contribution in [0.4, 0.5) is 0 Å². The fourth-order valence-corrected chi connectivity index (χ4v) is 2.61. The van der Waals surface area contributed by atoms with Gasteiger partial charge in [-0.3, -0.25) is 0 Å². The molecule has 0 aliphatic carbocycles. The van der Waals surface area contributed by atoms with Crippen molar-refractivity contribution in [3.05, 3.63) is 58.6 Å². The molecule has 0 saturated heterocycles. The number of hydrogen-bond donors (Lipinski definition) is 2. The summed E-state index contributed by atoms with van der Waals surface area (Å²) in [7, 11) is 1.97. The van der Waals surface area contributed by atoms with Crippen LogP contribution in [0.25, 0.3) is 0 Å². The van der Waals surface area contributed by atoms with E-state index in [0.29, 0.717) is 13.2 Å². The average molecular weight is 436 g/mol. The van der Waals surface area contributed by atoms with Gasteiger partial charge in [0.15, 0.2) is 11.5 Å². The number of halogens is 3.